The van der Waals surface area contributed by atoms with E-state index in [1.807, 2.05) is 12.2 Å². The van der Waals surface area contributed by atoms with Gasteiger partial charge in [0.05, 0.1) is 11.1 Å². The second-order valence-electron chi connectivity index (χ2n) is 8.96. The minimum absolute atomic E-state index is 0.0678. The van der Waals surface area contributed by atoms with Gasteiger partial charge >= 0.3 is 6.18 Å². The summed E-state index contributed by atoms with van der Waals surface area (Å²) in [6, 6.07) is -0.197. The highest BCUT2D eigenvalue weighted by molar-refractivity contribution is 7.89. The van der Waals surface area contributed by atoms with Crippen LogP contribution in [0, 0.1) is 23.4 Å². The average Bonchev–Trinajstić information content (AvgIpc) is 2.96. The molecule has 2 saturated heterocycles. The van der Waals surface area contributed by atoms with Crippen molar-refractivity contribution in [1.29, 1.82) is 0 Å². The molecule has 0 aromatic heterocycles. The molecule has 2 bridgehead atoms. The second kappa shape index (κ2) is 9.13. The van der Waals surface area contributed by atoms with Crippen LogP contribution in [0.5, 0.6) is 0 Å². The zero-order valence-corrected chi connectivity index (χ0v) is 19.7. The molecule has 2 aliphatic heterocycles. The van der Waals surface area contributed by atoms with Gasteiger partial charge in [-0.25, -0.2) is 21.6 Å². The summed E-state index contributed by atoms with van der Waals surface area (Å²) in [6.07, 6.45) is -4.82. The van der Waals surface area contributed by atoms with Gasteiger partial charge in [0, 0.05) is 29.9 Å². The Hall–Kier alpha value is -2.02. The van der Waals surface area contributed by atoms with Crippen LogP contribution in [0.2, 0.25) is 5.02 Å². The van der Waals surface area contributed by atoms with Gasteiger partial charge in [-0.05, 0) is 42.9 Å². The first kappa shape index (κ1) is 26.1. The van der Waals surface area contributed by atoms with E-state index < -0.39 is 74.0 Å². The molecule has 0 aliphatic carbocycles. The number of nitrogens with zero attached hydrogens (tertiary/aromatic N) is 1. The molecule has 2 aromatic rings. The fourth-order valence-electron chi connectivity index (χ4n) is 4.98. The van der Waals surface area contributed by atoms with Crippen molar-refractivity contribution < 1.29 is 39.9 Å². The number of aliphatic hydroxyl groups excluding tert-OH is 1. The zero-order valence-electron chi connectivity index (χ0n) is 18.2. The molecule has 35 heavy (non-hydrogen) atoms. The lowest BCUT2D eigenvalue weighted by Crippen LogP contribution is -2.48. The van der Waals surface area contributed by atoms with Crippen molar-refractivity contribution in [3.8, 4) is 0 Å². The maximum absolute atomic E-state index is 13.9. The first-order valence-electron chi connectivity index (χ1n) is 10.7. The van der Waals surface area contributed by atoms with Gasteiger partial charge in [0.25, 0.3) is 0 Å². The molecule has 4 unspecified atom stereocenters. The molecular weight excluding hydrogens is 522 g/mol. The van der Waals surface area contributed by atoms with Gasteiger partial charge in [0.1, 0.15) is 10.9 Å². The van der Waals surface area contributed by atoms with E-state index in [1.54, 1.807) is 0 Å². The Morgan fingerprint density at radius 2 is 1.71 bits per heavy atom. The van der Waals surface area contributed by atoms with E-state index in [0.29, 0.717) is 18.6 Å². The highest BCUT2D eigenvalue weighted by Crippen LogP contribution is 2.45. The van der Waals surface area contributed by atoms with E-state index in [-0.39, 0.29) is 23.8 Å². The van der Waals surface area contributed by atoms with Crippen molar-refractivity contribution in [2.45, 2.75) is 61.5 Å². The number of aliphatic hydroxyl groups is 1. The summed E-state index contributed by atoms with van der Waals surface area (Å²) in [5.74, 6) is -5.29. The third-order valence-corrected chi connectivity index (χ3v) is 8.97. The van der Waals surface area contributed by atoms with Gasteiger partial charge in [-0.15, -0.1) is 0 Å². The molecule has 0 amide bonds. The Morgan fingerprint density at radius 3 is 2.29 bits per heavy atom. The molecule has 2 aliphatic rings. The van der Waals surface area contributed by atoms with Crippen LogP contribution < -0.4 is 5.32 Å². The number of benzene rings is 2. The van der Waals surface area contributed by atoms with Gasteiger partial charge in [0.2, 0.25) is 10.0 Å². The Labute approximate surface area is 202 Å². The molecule has 192 valence electrons. The number of hydrogen-bond donors (Lipinski definition) is 2. The molecule has 5 nitrogen and oxygen atoms in total. The Morgan fingerprint density at radius 1 is 1.09 bits per heavy atom. The van der Waals surface area contributed by atoms with E-state index in [9.17, 15) is 39.9 Å². The van der Waals surface area contributed by atoms with E-state index >= 15 is 0 Å². The summed E-state index contributed by atoms with van der Waals surface area (Å²) in [7, 11) is -4.35. The highest BCUT2D eigenvalue weighted by Gasteiger charge is 2.51. The summed E-state index contributed by atoms with van der Waals surface area (Å²) in [5.41, 5.74) is -1.27. The second-order valence-corrected chi connectivity index (χ2v) is 11.2. The van der Waals surface area contributed by atoms with Gasteiger partial charge in [-0.3, -0.25) is 0 Å². The van der Waals surface area contributed by atoms with Crippen LogP contribution in [-0.2, 0) is 10.0 Å². The van der Waals surface area contributed by atoms with Crippen molar-refractivity contribution in [3.63, 3.8) is 0 Å². The largest absolute Gasteiger partial charge is 0.412 e. The van der Waals surface area contributed by atoms with Crippen molar-refractivity contribution in [2.75, 3.05) is 5.32 Å². The van der Waals surface area contributed by atoms with Crippen LogP contribution in [0.4, 0.5) is 32.0 Å². The lowest BCUT2D eigenvalue weighted by molar-refractivity contribution is -0.144. The Balaban J connectivity index is 1.74. The summed E-state index contributed by atoms with van der Waals surface area (Å²) >= 11 is 6.12. The van der Waals surface area contributed by atoms with Crippen molar-refractivity contribution in [3.05, 3.63) is 58.4 Å². The third-order valence-electron chi connectivity index (χ3n) is 6.51. The molecule has 5 atom stereocenters. The number of rotatable bonds is 5. The highest BCUT2D eigenvalue weighted by atomic mass is 35.5. The van der Waals surface area contributed by atoms with Crippen molar-refractivity contribution >= 4 is 27.3 Å². The van der Waals surface area contributed by atoms with Gasteiger partial charge in [-0.2, -0.15) is 17.5 Å². The number of alkyl halides is 3. The summed E-state index contributed by atoms with van der Waals surface area (Å²) in [6.45, 7) is 1.84. The standard InChI is InChI=1S/C22H21ClF6N2O3S/c1-10-4-13-8-14(32)9-18(10)31(13)35(33,34)19-5-11(2-3-15(19)23)21(22(27,28)29)30-12-6-16(24)20(26)17(25)7-12/h2-3,5-7,10,13-14,18,21,30,32H,4,8-9H2,1H3/t10-,13?,14?,18?,21?/m1/s1. The number of piperidine rings is 1. The molecule has 0 saturated carbocycles. The number of sulfonamides is 1. The lowest BCUT2D eigenvalue weighted by Gasteiger charge is -2.37. The third kappa shape index (κ3) is 4.85. The predicted molar refractivity (Wildman–Crippen MR) is 116 cm³/mol. The summed E-state index contributed by atoms with van der Waals surface area (Å²) in [5, 5.41) is 11.7. The van der Waals surface area contributed by atoms with Crippen LogP contribution in [0.3, 0.4) is 0 Å². The number of hydrogen-bond acceptors (Lipinski definition) is 4. The summed E-state index contributed by atoms with van der Waals surface area (Å²) < 4.78 is 110. The molecule has 0 radical (unpaired) electrons. The van der Waals surface area contributed by atoms with Gasteiger partial charge < -0.3 is 10.4 Å². The van der Waals surface area contributed by atoms with Crippen LogP contribution in [0.15, 0.2) is 35.2 Å². The quantitative estimate of drug-likeness (QED) is 0.392. The number of anilines is 1. The molecule has 2 aromatic carbocycles. The number of halogens is 7. The molecule has 2 fully saturated rings. The van der Waals surface area contributed by atoms with E-state index in [4.69, 9.17) is 11.6 Å². The smallest absolute Gasteiger partial charge is 0.393 e. The number of fused-ring (bicyclic) bond motifs is 2. The fraction of sp³-hybridized carbons (Fsp3) is 0.455. The Kier molecular flexibility index (Phi) is 6.80. The predicted octanol–water partition coefficient (Wildman–Crippen LogP) is 5.40. The molecule has 2 heterocycles. The average molecular weight is 543 g/mol. The maximum Gasteiger partial charge on any atom is 0.412 e. The molecule has 13 heteroatoms. The lowest BCUT2D eigenvalue weighted by atomic mass is 9.99. The first-order chi connectivity index (χ1) is 16.2. The fourth-order valence-corrected chi connectivity index (χ4v) is 7.43. The summed E-state index contributed by atoms with van der Waals surface area (Å²) in [4.78, 5) is -0.551. The van der Waals surface area contributed by atoms with Gasteiger partial charge in [0.15, 0.2) is 17.5 Å². The number of nitrogens with one attached hydrogen (secondary N) is 1. The monoisotopic (exact) mass is 542 g/mol. The Bertz CT molecular complexity index is 1220. The molecule has 2 N–H and O–H groups in total. The maximum atomic E-state index is 13.9. The minimum Gasteiger partial charge on any atom is -0.393 e. The normalized spacial score (nSPS) is 26.1. The van der Waals surface area contributed by atoms with E-state index in [2.05, 4.69) is 0 Å². The van der Waals surface area contributed by atoms with Crippen LogP contribution in [-0.4, -0.2) is 42.2 Å². The van der Waals surface area contributed by atoms with Crippen LogP contribution >= 0.6 is 11.6 Å². The van der Waals surface area contributed by atoms with Crippen LogP contribution in [0.1, 0.15) is 37.8 Å². The van der Waals surface area contributed by atoms with Gasteiger partial charge in [-0.1, -0.05) is 24.6 Å². The van der Waals surface area contributed by atoms with Crippen molar-refractivity contribution in [2.24, 2.45) is 5.92 Å². The first-order valence-corrected chi connectivity index (χ1v) is 12.5. The van der Waals surface area contributed by atoms with Crippen molar-refractivity contribution in [1.82, 2.24) is 4.31 Å². The molecule has 4 rings (SSSR count). The van der Waals surface area contributed by atoms with E-state index in [1.165, 1.54) is 4.31 Å². The van der Waals surface area contributed by atoms with E-state index in [0.717, 1.165) is 18.2 Å². The topological polar surface area (TPSA) is 69.6 Å². The minimum atomic E-state index is -5.03. The molecule has 0 spiro atoms. The SMILES string of the molecule is C[C@@H]1CC2CC(O)CC1N2S(=O)(=O)c1cc(C(Nc2cc(F)c(F)c(F)c2)C(F)(F)F)ccc1Cl. The van der Waals surface area contributed by atoms with Crippen LogP contribution in [0.25, 0.3) is 0 Å². The molecular formula is C22H21ClF6N2O3S. The zero-order chi connectivity index (χ0) is 25.9.